The van der Waals surface area contributed by atoms with Crippen LogP contribution in [0.3, 0.4) is 0 Å². The van der Waals surface area contributed by atoms with E-state index in [4.69, 9.17) is 12.6 Å². The molecule has 0 unspecified atom stereocenters. The van der Waals surface area contributed by atoms with Crippen LogP contribution in [-0.4, -0.2) is 15.0 Å². The van der Waals surface area contributed by atoms with Crippen molar-refractivity contribution in [1.82, 2.24) is 0 Å². The summed E-state index contributed by atoms with van der Waals surface area (Å²) in [5.41, 5.74) is 3.24. The van der Waals surface area contributed by atoms with Gasteiger partial charge < -0.3 is 4.74 Å². The van der Waals surface area contributed by atoms with Gasteiger partial charge in [-0.25, -0.2) is 0 Å². The van der Waals surface area contributed by atoms with Gasteiger partial charge >= 0.3 is 0 Å². The molecule has 76 valence electrons. The maximum atomic E-state index is 5.76. The number of hydrogen-bond donors (Lipinski definition) is 0. The molecule has 0 atom stereocenters. The van der Waals surface area contributed by atoms with E-state index in [1.54, 1.807) is 7.11 Å². The fraction of sp³-hybridized carbons (Fsp3) is 0.500. The van der Waals surface area contributed by atoms with E-state index in [0.717, 1.165) is 12.2 Å². The molecule has 2 heteroatoms. The van der Waals surface area contributed by atoms with Crippen molar-refractivity contribution in [3.63, 3.8) is 0 Å². The molecule has 0 saturated carbocycles. The molecular formula is C12H19BO. The van der Waals surface area contributed by atoms with Crippen molar-refractivity contribution in [1.29, 1.82) is 0 Å². The molecule has 0 aliphatic carbocycles. The Labute approximate surface area is 89.0 Å². The Balaban J connectivity index is 4.95. The van der Waals surface area contributed by atoms with Crippen molar-refractivity contribution in [3.05, 3.63) is 34.5 Å². The fourth-order valence-corrected chi connectivity index (χ4v) is 1.00. The number of allylic oxidation sites excluding steroid dienone is 5. The quantitative estimate of drug-likeness (QED) is 0.375. The molecule has 0 aromatic rings. The molecule has 1 nitrogen and oxygen atoms in total. The van der Waals surface area contributed by atoms with Gasteiger partial charge in [0.2, 0.25) is 0 Å². The second-order valence-corrected chi connectivity index (χ2v) is 3.27. The van der Waals surface area contributed by atoms with Gasteiger partial charge in [-0.2, -0.15) is 0 Å². The maximum absolute atomic E-state index is 5.76. The van der Waals surface area contributed by atoms with Gasteiger partial charge in [-0.15, -0.1) is 0 Å². The molecule has 0 fully saturated rings. The van der Waals surface area contributed by atoms with Crippen LogP contribution in [0.25, 0.3) is 0 Å². The molecule has 2 radical (unpaired) electrons. The van der Waals surface area contributed by atoms with E-state index in [9.17, 15) is 0 Å². The van der Waals surface area contributed by atoms with Gasteiger partial charge in [0.15, 0.2) is 0 Å². The molecule has 14 heavy (non-hydrogen) atoms. The monoisotopic (exact) mass is 190 g/mol. The van der Waals surface area contributed by atoms with Crippen molar-refractivity contribution in [2.75, 3.05) is 7.11 Å². The van der Waals surface area contributed by atoms with E-state index in [1.165, 1.54) is 11.1 Å². The van der Waals surface area contributed by atoms with Crippen molar-refractivity contribution in [2.24, 2.45) is 0 Å². The van der Waals surface area contributed by atoms with Gasteiger partial charge in [-0.1, -0.05) is 24.0 Å². The van der Waals surface area contributed by atoms with E-state index < -0.39 is 0 Å². The second-order valence-electron chi connectivity index (χ2n) is 3.27. The zero-order chi connectivity index (χ0) is 11.1. The first-order valence-electron chi connectivity index (χ1n) is 4.91. The summed E-state index contributed by atoms with van der Waals surface area (Å²) in [5.74, 6) is 0.734. The largest absolute Gasteiger partial charge is 0.497 e. The summed E-state index contributed by atoms with van der Waals surface area (Å²) in [5, 5.41) is 0. The summed E-state index contributed by atoms with van der Waals surface area (Å²) < 4.78 is 5.20. The molecule has 0 N–H and O–H groups in total. The predicted molar refractivity (Wildman–Crippen MR) is 63.3 cm³/mol. The molecule has 0 rings (SSSR count). The molecule has 0 aromatic heterocycles. The lowest BCUT2D eigenvalue weighted by atomic mass is 9.92. The molecule has 0 aromatic carbocycles. The number of methoxy groups -OCH3 is 1. The standard InChI is InChI=1S/C12H19BO/c1-6-9(3)10(4)8-12(14-5)11(13)7-2/h7-8H,6H2,1-5H3. The molecule has 0 aliphatic heterocycles. The third-order valence-electron chi connectivity index (χ3n) is 2.37. The first-order valence-corrected chi connectivity index (χ1v) is 4.91. The zero-order valence-corrected chi connectivity index (χ0v) is 9.85. The third kappa shape index (κ3) is 3.86. The highest BCUT2D eigenvalue weighted by atomic mass is 16.5. The van der Waals surface area contributed by atoms with Crippen LogP contribution in [0.4, 0.5) is 0 Å². The smallest absolute Gasteiger partial charge is 0.118 e. The lowest BCUT2D eigenvalue weighted by molar-refractivity contribution is 0.304. The van der Waals surface area contributed by atoms with Crippen LogP contribution in [0.2, 0.25) is 0 Å². The van der Waals surface area contributed by atoms with Crippen LogP contribution in [0.1, 0.15) is 34.1 Å². The summed E-state index contributed by atoms with van der Waals surface area (Å²) in [6, 6.07) is 0. The number of rotatable bonds is 4. The van der Waals surface area contributed by atoms with Crippen LogP contribution < -0.4 is 0 Å². The Morgan fingerprint density at radius 1 is 1.36 bits per heavy atom. The maximum Gasteiger partial charge on any atom is 0.118 e. The molecule has 0 aliphatic rings. The summed E-state index contributed by atoms with van der Waals surface area (Å²) in [7, 11) is 7.40. The molecule has 0 saturated heterocycles. The van der Waals surface area contributed by atoms with Crippen LogP contribution in [-0.2, 0) is 4.74 Å². The second kappa shape index (κ2) is 6.53. The minimum Gasteiger partial charge on any atom is -0.497 e. The molecule has 0 heterocycles. The highest BCUT2D eigenvalue weighted by Crippen LogP contribution is 2.14. The fourth-order valence-electron chi connectivity index (χ4n) is 1.00. The third-order valence-corrected chi connectivity index (χ3v) is 2.37. The Bertz CT molecular complexity index is 272. The summed E-state index contributed by atoms with van der Waals surface area (Å²) in [4.78, 5) is 0. The minimum atomic E-state index is 0.677. The minimum absolute atomic E-state index is 0.677. The van der Waals surface area contributed by atoms with Crippen LogP contribution >= 0.6 is 0 Å². The van der Waals surface area contributed by atoms with Gasteiger partial charge in [-0.05, 0) is 38.8 Å². The normalized spacial score (nSPS) is 15.2. The Morgan fingerprint density at radius 2 is 1.93 bits per heavy atom. The zero-order valence-electron chi connectivity index (χ0n) is 9.85. The van der Waals surface area contributed by atoms with Gasteiger partial charge in [-0.3, -0.25) is 0 Å². The van der Waals surface area contributed by atoms with Gasteiger partial charge in [0, 0.05) is 0 Å². The Hall–Kier alpha value is -0.915. The van der Waals surface area contributed by atoms with Crippen LogP contribution in [0.5, 0.6) is 0 Å². The Kier molecular flexibility index (Phi) is 6.10. The number of ether oxygens (including phenoxy) is 1. The summed E-state index contributed by atoms with van der Waals surface area (Å²) in [6.45, 7) is 8.22. The molecule has 0 amide bonds. The van der Waals surface area contributed by atoms with Crippen LogP contribution in [0, 0.1) is 0 Å². The summed E-state index contributed by atoms with van der Waals surface area (Å²) in [6.07, 6.45) is 4.87. The average Bonchev–Trinajstić information content (AvgIpc) is 2.22. The number of hydrogen-bond acceptors (Lipinski definition) is 1. The van der Waals surface area contributed by atoms with Crippen molar-refractivity contribution in [2.45, 2.75) is 34.1 Å². The molecule has 0 spiro atoms. The molecular weight excluding hydrogens is 171 g/mol. The lowest BCUT2D eigenvalue weighted by Crippen LogP contribution is -1.93. The predicted octanol–water partition coefficient (Wildman–Crippen LogP) is 3.34. The summed E-state index contributed by atoms with van der Waals surface area (Å²) >= 11 is 0. The highest BCUT2D eigenvalue weighted by Gasteiger charge is 1.99. The SMILES string of the molecule is [B]C(=CC)C(=CC(C)=C(C)CC)OC. The first kappa shape index (κ1) is 13.1. The van der Waals surface area contributed by atoms with E-state index >= 15 is 0 Å². The van der Waals surface area contributed by atoms with Crippen molar-refractivity contribution < 1.29 is 4.74 Å². The van der Waals surface area contributed by atoms with E-state index in [-0.39, 0.29) is 0 Å². The van der Waals surface area contributed by atoms with Gasteiger partial charge in [0.1, 0.15) is 13.6 Å². The van der Waals surface area contributed by atoms with Gasteiger partial charge in [0.05, 0.1) is 7.11 Å². The average molecular weight is 190 g/mol. The van der Waals surface area contributed by atoms with Crippen molar-refractivity contribution in [3.8, 4) is 0 Å². The first-order chi connectivity index (χ1) is 6.56. The van der Waals surface area contributed by atoms with E-state index in [1.807, 2.05) is 19.1 Å². The van der Waals surface area contributed by atoms with Crippen molar-refractivity contribution >= 4 is 7.85 Å². The molecule has 0 bridgehead atoms. The van der Waals surface area contributed by atoms with E-state index in [2.05, 4.69) is 20.8 Å². The highest BCUT2D eigenvalue weighted by molar-refractivity contribution is 6.24. The van der Waals surface area contributed by atoms with Gasteiger partial charge in [0.25, 0.3) is 0 Å². The van der Waals surface area contributed by atoms with E-state index in [0.29, 0.717) is 5.47 Å². The lowest BCUT2D eigenvalue weighted by Gasteiger charge is -2.08. The topological polar surface area (TPSA) is 9.23 Å². The Morgan fingerprint density at radius 3 is 2.29 bits per heavy atom. The van der Waals surface area contributed by atoms with Crippen LogP contribution in [0.15, 0.2) is 34.5 Å².